The van der Waals surface area contributed by atoms with Crippen LogP contribution in [0.2, 0.25) is 0 Å². The van der Waals surface area contributed by atoms with E-state index in [0.29, 0.717) is 17.6 Å². The number of aryl methyl sites for hydroxylation is 1. The van der Waals surface area contributed by atoms with Crippen LogP contribution in [0.3, 0.4) is 0 Å². The van der Waals surface area contributed by atoms with E-state index in [9.17, 15) is 19.5 Å². The molecule has 0 spiro atoms. The summed E-state index contributed by atoms with van der Waals surface area (Å²) < 4.78 is 4.63. The van der Waals surface area contributed by atoms with Crippen LogP contribution in [0.4, 0.5) is 22.2 Å². The third kappa shape index (κ3) is 6.74. The number of carboxylic acids is 2. The molecule has 198 valence electrons. The Hall–Kier alpha value is -4.16. The lowest BCUT2D eigenvalue weighted by molar-refractivity contribution is -0.145. The zero-order valence-corrected chi connectivity index (χ0v) is 20.5. The Morgan fingerprint density at radius 1 is 1.19 bits per heavy atom. The van der Waals surface area contributed by atoms with E-state index in [4.69, 9.17) is 10.1 Å². The summed E-state index contributed by atoms with van der Waals surface area (Å²) >= 11 is 0. The first kappa shape index (κ1) is 25.9. The van der Waals surface area contributed by atoms with E-state index in [0.717, 1.165) is 56.8 Å². The molecule has 0 aliphatic carbocycles. The molecule has 2 aromatic rings. The molecule has 1 saturated heterocycles. The lowest BCUT2D eigenvalue weighted by atomic mass is 9.92. The molecule has 0 bridgehead atoms. The number of hydrogen-bond donors (Lipinski definition) is 5. The quantitative estimate of drug-likeness (QED) is 0.328. The van der Waals surface area contributed by atoms with E-state index >= 15 is 0 Å². The molecule has 0 saturated carbocycles. The highest BCUT2D eigenvalue weighted by Gasteiger charge is 2.25. The number of hydrogen-bond acceptors (Lipinski definition) is 10. The first-order chi connectivity index (χ1) is 17.8. The number of aromatic nitrogens is 3. The monoisotopic (exact) mass is 513 g/mol. The lowest BCUT2D eigenvalue weighted by Crippen LogP contribution is -2.46. The van der Waals surface area contributed by atoms with Crippen LogP contribution in [-0.2, 0) is 20.7 Å². The minimum absolute atomic E-state index is 0.192. The van der Waals surface area contributed by atoms with Crippen molar-refractivity contribution < 1.29 is 29.3 Å². The van der Waals surface area contributed by atoms with Crippen molar-refractivity contribution in [3.63, 3.8) is 0 Å². The topological polar surface area (TPSA) is 179 Å². The minimum atomic E-state index is -1.41. The third-order valence-corrected chi connectivity index (χ3v) is 6.51. The molecule has 1 fully saturated rings. The summed E-state index contributed by atoms with van der Waals surface area (Å²) in [4.78, 5) is 49.7. The van der Waals surface area contributed by atoms with Gasteiger partial charge in [-0.1, -0.05) is 6.07 Å². The van der Waals surface area contributed by atoms with E-state index < -0.39 is 30.2 Å². The first-order valence-corrected chi connectivity index (χ1v) is 12.3. The molecule has 5 N–H and O–H groups in total. The number of nitrogens with zero attached hydrogens (tertiary/aromatic N) is 4. The molecule has 13 heteroatoms. The van der Waals surface area contributed by atoms with Gasteiger partial charge in [-0.15, -0.1) is 0 Å². The van der Waals surface area contributed by atoms with E-state index in [1.54, 1.807) is 6.07 Å². The number of amides is 1. The number of carboxylic acid groups (broad SMARTS) is 2. The number of fused-ring (bicyclic) bond motifs is 1. The van der Waals surface area contributed by atoms with Gasteiger partial charge < -0.3 is 35.8 Å². The van der Waals surface area contributed by atoms with Gasteiger partial charge in [0.15, 0.2) is 6.10 Å². The predicted molar refractivity (Wildman–Crippen MR) is 134 cm³/mol. The number of ether oxygens (including phenoxy) is 1. The highest BCUT2D eigenvalue weighted by Crippen LogP contribution is 2.31. The summed E-state index contributed by atoms with van der Waals surface area (Å²) in [6.45, 7) is 3.52. The summed E-state index contributed by atoms with van der Waals surface area (Å²) in [6.07, 6.45) is 2.91. The fourth-order valence-corrected chi connectivity index (χ4v) is 4.39. The maximum atomic E-state index is 11.8. The highest BCUT2D eigenvalue weighted by atomic mass is 16.6. The van der Waals surface area contributed by atoms with Crippen molar-refractivity contribution in [2.75, 3.05) is 41.7 Å². The minimum Gasteiger partial charge on any atom is -0.480 e. The molecular weight excluding hydrogens is 482 g/mol. The maximum absolute atomic E-state index is 11.8. The number of aliphatic carboxylic acids is 2. The fourth-order valence-electron chi connectivity index (χ4n) is 4.39. The van der Waals surface area contributed by atoms with Crippen LogP contribution in [0.1, 0.15) is 43.4 Å². The van der Waals surface area contributed by atoms with Crippen molar-refractivity contribution in [1.29, 1.82) is 0 Å². The number of anilines is 3. The average molecular weight is 514 g/mol. The van der Waals surface area contributed by atoms with E-state index in [1.807, 2.05) is 0 Å². The van der Waals surface area contributed by atoms with E-state index in [2.05, 4.69) is 47.7 Å². The van der Waals surface area contributed by atoms with Gasteiger partial charge in [-0.3, -0.25) is 0 Å². The molecule has 2 aliphatic heterocycles. The predicted octanol–water partition coefficient (Wildman–Crippen LogP) is 1.68. The maximum Gasteiger partial charge on any atom is 0.408 e. The second-order valence-corrected chi connectivity index (χ2v) is 9.10. The molecule has 0 aromatic carbocycles. The molecule has 2 atom stereocenters. The zero-order chi connectivity index (χ0) is 26.4. The molecule has 2 aromatic heterocycles. The van der Waals surface area contributed by atoms with Gasteiger partial charge in [-0.25, -0.2) is 29.3 Å². The summed E-state index contributed by atoms with van der Waals surface area (Å²) in [7, 11) is 0. The molecule has 0 radical (unpaired) electrons. The van der Waals surface area contributed by atoms with Gasteiger partial charge in [0.25, 0.3) is 0 Å². The van der Waals surface area contributed by atoms with Gasteiger partial charge in [0, 0.05) is 43.9 Å². The van der Waals surface area contributed by atoms with Crippen molar-refractivity contribution in [1.82, 2.24) is 20.3 Å². The summed E-state index contributed by atoms with van der Waals surface area (Å²) in [5.41, 5.74) is 2.39. The fraction of sp³-hybridized carbons (Fsp3) is 0.500. The standard InChI is InChI=1S/C24H31N7O6/c1-14(22(32)33)37-24(36)30-18(23(34)35)12-26-19-11-20(28-13-27-19)31-9-6-15(7-10-31)17-5-4-16-3-2-8-25-21(16)29-17/h4-5,11,13-15,18H,2-3,6-10,12H2,1H3,(H,25,29)(H,30,36)(H,32,33)(H,34,35)(H,26,27,28)/t14-,18-/m0/s1. The summed E-state index contributed by atoms with van der Waals surface area (Å²) in [5, 5.41) is 26.7. The van der Waals surface area contributed by atoms with Gasteiger partial charge in [0.2, 0.25) is 0 Å². The molecule has 4 heterocycles. The molecule has 0 unspecified atom stereocenters. The van der Waals surface area contributed by atoms with Gasteiger partial charge >= 0.3 is 18.0 Å². The summed E-state index contributed by atoms with van der Waals surface area (Å²) in [5.74, 6) is -0.156. The van der Waals surface area contributed by atoms with Crippen molar-refractivity contribution >= 4 is 35.5 Å². The van der Waals surface area contributed by atoms with Gasteiger partial charge in [-0.2, -0.15) is 0 Å². The Bertz CT molecular complexity index is 1140. The molecule has 1 amide bonds. The second-order valence-electron chi connectivity index (χ2n) is 9.10. The van der Waals surface area contributed by atoms with E-state index in [-0.39, 0.29) is 6.54 Å². The zero-order valence-electron chi connectivity index (χ0n) is 20.5. The van der Waals surface area contributed by atoms with Crippen molar-refractivity contribution in [3.8, 4) is 0 Å². The Kier molecular flexibility index (Phi) is 8.21. The number of piperidine rings is 1. The van der Waals surface area contributed by atoms with Crippen LogP contribution < -0.4 is 20.9 Å². The number of pyridine rings is 1. The molecule has 4 rings (SSSR count). The Labute approximate surface area is 213 Å². The smallest absolute Gasteiger partial charge is 0.408 e. The molecule has 37 heavy (non-hydrogen) atoms. The number of nitrogens with one attached hydrogen (secondary N) is 3. The Morgan fingerprint density at radius 3 is 2.70 bits per heavy atom. The number of alkyl carbamates (subject to hydrolysis) is 1. The van der Waals surface area contributed by atoms with E-state index in [1.165, 1.54) is 18.8 Å². The molecular formula is C24H31N7O6. The SMILES string of the molecule is C[C@H](OC(=O)N[C@@H](CNc1cc(N2CCC(c3ccc4c(n3)NCCC4)CC2)ncn1)C(=O)O)C(=O)O. The van der Waals surface area contributed by atoms with Gasteiger partial charge in [0.1, 0.15) is 29.8 Å². The average Bonchev–Trinajstić information content (AvgIpc) is 2.90. The molecule has 13 nitrogen and oxygen atoms in total. The lowest BCUT2D eigenvalue weighted by Gasteiger charge is -2.33. The van der Waals surface area contributed by atoms with Crippen LogP contribution in [0.25, 0.3) is 0 Å². The van der Waals surface area contributed by atoms with Crippen LogP contribution in [-0.4, -0.2) is 81.5 Å². The number of carbonyl (C=O) groups is 3. The second kappa shape index (κ2) is 11.7. The van der Waals surface area contributed by atoms with Crippen LogP contribution in [0.15, 0.2) is 24.5 Å². The third-order valence-electron chi connectivity index (χ3n) is 6.51. The van der Waals surface area contributed by atoms with Crippen molar-refractivity contribution in [3.05, 3.63) is 35.8 Å². The normalized spacial score (nSPS) is 17.1. The summed E-state index contributed by atoms with van der Waals surface area (Å²) in [6, 6.07) is 4.69. The van der Waals surface area contributed by atoms with Gasteiger partial charge in [0.05, 0.1) is 0 Å². The highest BCUT2D eigenvalue weighted by molar-refractivity contribution is 5.82. The molecule has 2 aliphatic rings. The van der Waals surface area contributed by atoms with Crippen LogP contribution >= 0.6 is 0 Å². The van der Waals surface area contributed by atoms with Crippen LogP contribution in [0.5, 0.6) is 0 Å². The van der Waals surface area contributed by atoms with Crippen LogP contribution in [0, 0.1) is 0 Å². The number of carbonyl (C=O) groups excluding carboxylic acids is 1. The largest absolute Gasteiger partial charge is 0.480 e. The van der Waals surface area contributed by atoms with Crippen molar-refractivity contribution in [2.45, 2.75) is 50.7 Å². The van der Waals surface area contributed by atoms with Gasteiger partial charge in [-0.05, 0) is 44.2 Å². The van der Waals surface area contributed by atoms with Crippen molar-refractivity contribution in [2.24, 2.45) is 0 Å². The Morgan fingerprint density at radius 2 is 1.97 bits per heavy atom. The first-order valence-electron chi connectivity index (χ1n) is 12.3. The number of rotatable bonds is 9. The Balaban J connectivity index is 1.31.